The highest BCUT2D eigenvalue weighted by atomic mass is 16.2. The molecule has 0 aliphatic carbocycles. The van der Waals surface area contributed by atoms with Gasteiger partial charge < -0.3 is 14.7 Å². The molecule has 0 bridgehead atoms. The van der Waals surface area contributed by atoms with Gasteiger partial charge in [0.25, 0.3) is 0 Å². The lowest BCUT2D eigenvalue weighted by molar-refractivity contribution is -0.907. The van der Waals surface area contributed by atoms with Gasteiger partial charge in [-0.1, -0.05) is 37.3 Å². The minimum atomic E-state index is 0.277. The Balaban J connectivity index is 1.43. The molecule has 25 heavy (non-hydrogen) atoms. The summed E-state index contributed by atoms with van der Waals surface area (Å²) in [6.07, 6.45) is 2.13. The largest absolute Gasteiger partial charge is 0.334 e. The second kappa shape index (κ2) is 8.81. The fourth-order valence-corrected chi connectivity index (χ4v) is 4.46. The van der Waals surface area contributed by atoms with Crippen molar-refractivity contribution in [1.82, 2.24) is 4.90 Å². The number of likely N-dealkylation sites (tertiary alicyclic amines) is 1. The van der Waals surface area contributed by atoms with Gasteiger partial charge in [0.1, 0.15) is 0 Å². The summed E-state index contributed by atoms with van der Waals surface area (Å²) in [5.41, 5.74) is 1.43. The van der Waals surface area contributed by atoms with Crippen LogP contribution in [0.15, 0.2) is 30.3 Å². The van der Waals surface area contributed by atoms with Crippen molar-refractivity contribution >= 4 is 5.91 Å². The molecule has 2 saturated heterocycles. The van der Waals surface area contributed by atoms with Crippen LogP contribution in [0.2, 0.25) is 0 Å². The quantitative estimate of drug-likeness (QED) is 0.763. The molecule has 0 aromatic heterocycles. The molecule has 3 rings (SSSR count). The highest BCUT2D eigenvalue weighted by molar-refractivity contribution is 5.79. The Hall–Kier alpha value is -1.39. The van der Waals surface area contributed by atoms with Crippen molar-refractivity contribution in [3.8, 4) is 0 Å². The second-order valence-corrected chi connectivity index (χ2v) is 7.97. The van der Waals surface area contributed by atoms with Gasteiger partial charge in [0.2, 0.25) is 5.91 Å². The molecule has 2 fully saturated rings. The Morgan fingerprint density at radius 1 is 1.08 bits per heavy atom. The molecule has 4 nitrogen and oxygen atoms in total. The maximum absolute atomic E-state index is 12.8. The van der Waals surface area contributed by atoms with E-state index in [2.05, 4.69) is 49.1 Å². The van der Waals surface area contributed by atoms with Crippen LogP contribution in [0.3, 0.4) is 0 Å². The van der Waals surface area contributed by atoms with Crippen LogP contribution in [0, 0.1) is 5.92 Å². The summed E-state index contributed by atoms with van der Waals surface area (Å²) in [4.78, 5) is 18.3. The summed E-state index contributed by atoms with van der Waals surface area (Å²) < 4.78 is 0. The van der Waals surface area contributed by atoms with E-state index < -0.39 is 0 Å². The molecular formula is C21H35N3O+2. The summed E-state index contributed by atoms with van der Waals surface area (Å²) in [5, 5.41) is 0. The summed E-state index contributed by atoms with van der Waals surface area (Å²) in [5.74, 6) is 1.30. The van der Waals surface area contributed by atoms with Crippen LogP contribution in [0.1, 0.15) is 38.2 Å². The standard InChI is InChI=1S/C21H33N3O/c1-3-22-13-15-24(16-14-22)21(25)20-9-11-23(12-10-20)17-18(2)19-7-5-4-6-8-19/h4-8,18,20H,3,9-17H2,1-2H3/p+2/t18-/m1/s1. The summed E-state index contributed by atoms with van der Waals surface area (Å²) >= 11 is 0. The topological polar surface area (TPSA) is 29.2 Å². The van der Waals surface area contributed by atoms with Crippen molar-refractivity contribution in [3.63, 3.8) is 0 Å². The maximum atomic E-state index is 12.8. The number of benzene rings is 1. The summed E-state index contributed by atoms with van der Waals surface area (Å²) in [7, 11) is 0. The Labute approximate surface area is 152 Å². The smallest absolute Gasteiger partial charge is 0.226 e. The molecule has 1 aromatic rings. The van der Waals surface area contributed by atoms with Gasteiger partial charge in [-0.3, -0.25) is 4.79 Å². The number of piperazine rings is 1. The van der Waals surface area contributed by atoms with E-state index in [0.717, 1.165) is 52.1 Å². The molecule has 1 atom stereocenters. The first-order valence-electron chi connectivity index (χ1n) is 10.2. The van der Waals surface area contributed by atoms with Gasteiger partial charge in [-0.15, -0.1) is 0 Å². The fraction of sp³-hybridized carbons (Fsp3) is 0.667. The number of amides is 1. The molecule has 2 heterocycles. The highest BCUT2D eigenvalue weighted by Crippen LogP contribution is 2.16. The normalized spacial score (nSPS) is 26.4. The Kier molecular flexibility index (Phi) is 6.49. The van der Waals surface area contributed by atoms with E-state index in [-0.39, 0.29) is 5.92 Å². The molecule has 0 unspecified atom stereocenters. The van der Waals surface area contributed by atoms with E-state index >= 15 is 0 Å². The molecule has 2 N–H and O–H groups in total. The number of piperidine rings is 1. The third kappa shape index (κ3) is 4.83. The van der Waals surface area contributed by atoms with Gasteiger partial charge in [-0.25, -0.2) is 0 Å². The number of carbonyl (C=O) groups excluding carboxylic acids is 1. The van der Waals surface area contributed by atoms with E-state index in [4.69, 9.17) is 0 Å². The monoisotopic (exact) mass is 345 g/mol. The number of hydrogen-bond acceptors (Lipinski definition) is 1. The van der Waals surface area contributed by atoms with E-state index in [1.165, 1.54) is 18.7 Å². The molecule has 2 aliphatic rings. The third-order valence-electron chi connectivity index (χ3n) is 6.29. The fourth-order valence-electron chi connectivity index (χ4n) is 4.46. The van der Waals surface area contributed by atoms with Crippen LogP contribution in [-0.2, 0) is 4.79 Å². The van der Waals surface area contributed by atoms with E-state index in [0.29, 0.717) is 11.8 Å². The van der Waals surface area contributed by atoms with Crippen LogP contribution in [0.5, 0.6) is 0 Å². The van der Waals surface area contributed by atoms with E-state index in [9.17, 15) is 4.79 Å². The van der Waals surface area contributed by atoms with Crippen molar-refractivity contribution in [2.24, 2.45) is 5.92 Å². The number of nitrogens with zero attached hydrogens (tertiary/aromatic N) is 1. The van der Waals surface area contributed by atoms with E-state index in [1.54, 1.807) is 9.80 Å². The third-order valence-corrected chi connectivity index (χ3v) is 6.29. The predicted molar refractivity (Wildman–Crippen MR) is 101 cm³/mol. The predicted octanol–water partition coefficient (Wildman–Crippen LogP) is -0.168. The number of hydrogen-bond donors (Lipinski definition) is 2. The van der Waals surface area contributed by atoms with Gasteiger partial charge in [-0.2, -0.15) is 0 Å². The van der Waals surface area contributed by atoms with Crippen LogP contribution < -0.4 is 9.80 Å². The lowest BCUT2D eigenvalue weighted by Crippen LogP contribution is -3.14. The van der Waals surface area contributed by atoms with E-state index in [1.807, 2.05) is 0 Å². The van der Waals surface area contributed by atoms with Crippen LogP contribution in [0.25, 0.3) is 0 Å². The molecule has 138 valence electrons. The van der Waals surface area contributed by atoms with Crippen molar-refractivity contribution < 1.29 is 14.6 Å². The Morgan fingerprint density at radius 3 is 2.32 bits per heavy atom. The summed E-state index contributed by atoms with van der Waals surface area (Å²) in [6, 6.07) is 10.8. The number of carbonyl (C=O) groups is 1. The zero-order valence-electron chi connectivity index (χ0n) is 16.0. The number of likely N-dealkylation sites (N-methyl/N-ethyl adjacent to an activating group) is 1. The van der Waals surface area contributed by atoms with Gasteiger partial charge in [0.15, 0.2) is 0 Å². The number of nitrogens with one attached hydrogen (secondary N) is 2. The Bertz CT molecular complexity index is 531. The molecule has 4 heteroatoms. The average Bonchev–Trinajstić information content (AvgIpc) is 2.69. The van der Waals surface area contributed by atoms with Gasteiger partial charge in [0, 0.05) is 24.7 Å². The highest BCUT2D eigenvalue weighted by Gasteiger charge is 2.33. The first-order chi connectivity index (χ1) is 12.2. The van der Waals surface area contributed by atoms with Crippen LogP contribution >= 0.6 is 0 Å². The lowest BCUT2D eigenvalue weighted by atomic mass is 9.93. The lowest BCUT2D eigenvalue weighted by Gasteiger charge is -2.36. The van der Waals surface area contributed by atoms with Gasteiger partial charge in [-0.05, 0) is 12.5 Å². The zero-order chi connectivity index (χ0) is 17.6. The van der Waals surface area contributed by atoms with Gasteiger partial charge >= 0.3 is 0 Å². The molecule has 0 saturated carbocycles. The molecule has 0 radical (unpaired) electrons. The maximum Gasteiger partial charge on any atom is 0.226 e. The van der Waals surface area contributed by atoms with Crippen molar-refractivity contribution in [2.45, 2.75) is 32.6 Å². The van der Waals surface area contributed by atoms with Crippen LogP contribution in [-0.4, -0.2) is 63.2 Å². The van der Waals surface area contributed by atoms with Crippen molar-refractivity contribution in [1.29, 1.82) is 0 Å². The molecule has 1 amide bonds. The second-order valence-electron chi connectivity index (χ2n) is 7.97. The minimum Gasteiger partial charge on any atom is -0.334 e. The van der Waals surface area contributed by atoms with Crippen molar-refractivity contribution in [2.75, 3.05) is 52.4 Å². The first kappa shape index (κ1) is 18.4. The SMILES string of the molecule is CC[NH+]1CCN(C(=O)C2CC[NH+](C[C@@H](C)c3ccccc3)CC2)CC1. The van der Waals surface area contributed by atoms with Crippen LogP contribution in [0.4, 0.5) is 0 Å². The molecule has 0 spiro atoms. The zero-order valence-corrected chi connectivity index (χ0v) is 16.0. The van der Waals surface area contributed by atoms with Gasteiger partial charge in [0.05, 0.1) is 52.4 Å². The molecule has 2 aliphatic heterocycles. The number of quaternary nitrogens is 2. The average molecular weight is 346 g/mol. The molecule has 1 aromatic carbocycles. The Morgan fingerprint density at radius 2 is 1.72 bits per heavy atom. The number of rotatable bonds is 5. The summed E-state index contributed by atoms with van der Waals surface area (Å²) in [6.45, 7) is 13.4. The minimum absolute atomic E-state index is 0.277. The first-order valence-corrected chi connectivity index (χ1v) is 10.2. The molecular weight excluding hydrogens is 310 g/mol. The van der Waals surface area contributed by atoms with Crippen molar-refractivity contribution in [3.05, 3.63) is 35.9 Å².